The lowest BCUT2D eigenvalue weighted by Crippen LogP contribution is -2.43. The third-order valence-corrected chi connectivity index (χ3v) is 3.83. The van der Waals surface area contributed by atoms with Crippen molar-refractivity contribution in [3.05, 3.63) is 59.7 Å². The van der Waals surface area contributed by atoms with Gasteiger partial charge >= 0.3 is 5.97 Å². The standard InChI is InChI=1S/C16H12F2O2/c1-20-15(19)16(14(17)18)12-8-4-2-6-10(12)11-7-3-5-9-13(11)16/h2-9,14H,1H3. The summed E-state index contributed by atoms with van der Waals surface area (Å²) in [6.07, 6.45) is -2.88. The molecular weight excluding hydrogens is 262 g/mol. The van der Waals surface area contributed by atoms with Crippen molar-refractivity contribution < 1.29 is 18.3 Å². The average Bonchev–Trinajstić information content (AvgIpc) is 2.78. The van der Waals surface area contributed by atoms with Crippen molar-refractivity contribution >= 4 is 5.97 Å². The quantitative estimate of drug-likeness (QED) is 0.785. The Morgan fingerprint density at radius 3 is 1.85 bits per heavy atom. The Hall–Kier alpha value is -2.23. The monoisotopic (exact) mass is 274 g/mol. The molecule has 0 spiro atoms. The van der Waals surface area contributed by atoms with Crippen LogP contribution in [0.25, 0.3) is 11.1 Å². The van der Waals surface area contributed by atoms with Gasteiger partial charge in [-0.3, -0.25) is 4.79 Å². The van der Waals surface area contributed by atoms with Crippen molar-refractivity contribution in [2.75, 3.05) is 7.11 Å². The van der Waals surface area contributed by atoms with E-state index in [-0.39, 0.29) is 0 Å². The summed E-state index contributed by atoms with van der Waals surface area (Å²) in [7, 11) is 1.13. The second-order valence-electron chi connectivity index (χ2n) is 4.69. The highest BCUT2D eigenvalue weighted by molar-refractivity contribution is 5.98. The molecule has 0 atom stereocenters. The Morgan fingerprint density at radius 2 is 1.45 bits per heavy atom. The number of fused-ring (bicyclic) bond motifs is 3. The fourth-order valence-corrected chi connectivity index (χ4v) is 2.97. The Kier molecular flexibility index (Phi) is 2.82. The number of ether oxygens (including phenoxy) is 1. The van der Waals surface area contributed by atoms with E-state index in [0.717, 1.165) is 7.11 Å². The SMILES string of the molecule is COC(=O)C1(C(F)F)c2ccccc2-c2ccccc21. The topological polar surface area (TPSA) is 26.3 Å². The zero-order valence-corrected chi connectivity index (χ0v) is 10.8. The van der Waals surface area contributed by atoms with Gasteiger partial charge in [-0.15, -0.1) is 0 Å². The van der Waals surface area contributed by atoms with Gasteiger partial charge in [-0.25, -0.2) is 8.78 Å². The summed E-state index contributed by atoms with van der Waals surface area (Å²) in [6, 6.07) is 13.5. The van der Waals surface area contributed by atoms with E-state index in [1.54, 1.807) is 48.5 Å². The Balaban J connectivity index is 2.43. The molecule has 0 N–H and O–H groups in total. The number of rotatable bonds is 2. The summed E-state index contributed by atoms with van der Waals surface area (Å²) >= 11 is 0. The van der Waals surface area contributed by atoms with E-state index in [1.807, 2.05) is 0 Å². The molecule has 0 saturated heterocycles. The normalized spacial score (nSPS) is 14.8. The van der Waals surface area contributed by atoms with Crippen LogP contribution in [0.2, 0.25) is 0 Å². The maximum Gasteiger partial charge on any atom is 0.326 e. The summed E-state index contributed by atoms with van der Waals surface area (Å²) in [5.74, 6) is -0.926. The van der Waals surface area contributed by atoms with Gasteiger partial charge in [0.25, 0.3) is 6.43 Å². The highest BCUT2D eigenvalue weighted by atomic mass is 19.3. The van der Waals surface area contributed by atoms with E-state index in [2.05, 4.69) is 0 Å². The van der Waals surface area contributed by atoms with Gasteiger partial charge in [0, 0.05) is 0 Å². The molecule has 2 aromatic rings. The van der Waals surface area contributed by atoms with Crippen molar-refractivity contribution in [1.29, 1.82) is 0 Å². The van der Waals surface area contributed by atoms with E-state index in [4.69, 9.17) is 4.74 Å². The van der Waals surface area contributed by atoms with E-state index >= 15 is 0 Å². The first kappa shape index (κ1) is 12.8. The molecule has 4 heteroatoms. The lowest BCUT2D eigenvalue weighted by Gasteiger charge is -2.27. The van der Waals surface area contributed by atoms with Gasteiger partial charge in [0.05, 0.1) is 7.11 Å². The number of carbonyl (C=O) groups is 1. The van der Waals surface area contributed by atoms with E-state index < -0.39 is 17.8 Å². The van der Waals surface area contributed by atoms with Gasteiger partial charge in [-0.2, -0.15) is 0 Å². The minimum atomic E-state index is -2.88. The predicted octanol–water partition coefficient (Wildman–Crippen LogP) is 3.39. The van der Waals surface area contributed by atoms with Crippen LogP contribution in [0.4, 0.5) is 8.78 Å². The average molecular weight is 274 g/mol. The van der Waals surface area contributed by atoms with Crippen molar-refractivity contribution in [3.8, 4) is 11.1 Å². The molecule has 0 heterocycles. The highest BCUT2D eigenvalue weighted by Gasteiger charge is 2.57. The molecule has 0 amide bonds. The molecule has 0 fully saturated rings. The minimum absolute atomic E-state index is 0.308. The van der Waals surface area contributed by atoms with Gasteiger partial charge in [0.15, 0.2) is 5.41 Å². The molecule has 0 aromatic heterocycles. The van der Waals surface area contributed by atoms with Gasteiger partial charge in [0.1, 0.15) is 0 Å². The molecule has 0 unspecified atom stereocenters. The second-order valence-corrected chi connectivity index (χ2v) is 4.69. The number of carbonyl (C=O) groups excluding carboxylic acids is 1. The van der Waals surface area contributed by atoms with Crippen LogP contribution in [0.5, 0.6) is 0 Å². The molecule has 3 rings (SSSR count). The summed E-state index contributed by atoms with van der Waals surface area (Å²) in [4.78, 5) is 12.2. The summed E-state index contributed by atoms with van der Waals surface area (Å²) < 4.78 is 32.5. The fourth-order valence-electron chi connectivity index (χ4n) is 2.97. The Labute approximate surface area is 115 Å². The molecule has 20 heavy (non-hydrogen) atoms. The van der Waals surface area contributed by atoms with Crippen LogP contribution in [0.1, 0.15) is 11.1 Å². The first-order valence-electron chi connectivity index (χ1n) is 6.20. The van der Waals surface area contributed by atoms with Gasteiger partial charge in [0.2, 0.25) is 0 Å². The van der Waals surface area contributed by atoms with Gasteiger partial charge < -0.3 is 4.74 Å². The van der Waals surface area contributed by atoms with Crippen LogP contribution >= 0.6 is 0 Å². The number of alkyl halides is 2. The van der Waals surface area contributed by atoms with E-state index in [0.29, 0.717) is 22.3 Å². The fraction of sp³-hybridized carbons (Fsp3) is 0.188. The van der Waals surface area contributed by atoms with Crippen LogP contribution in [-0.2, 0) is 14.9 Å². The Bertz CT molecular complexity index is 634. The maximum atomic E-state index is 13.9. The number of benzene rings is 2. The zero-order chi connectivity index (χ0) is 14.3. The van der Waals surface area contributed by atoms with Gasteiger partial charge in [-0.05, 0) is 22.3 Å². The molecule has 0 bridgehead atoms. The smallest absolute Gasteiger partial charge is 0.326 e. The van der Waals surface area contributed by atoms with Crippen molar-refractivity contribution in [2.24, 2.45) is 0 Å². The molecule has 2 nitrogen and oxygen atoms in total. The van der Waals surface area contributed by atoms with Crippen LogP contribution in [0.3, 0.4) is 0 Å². The first-order valence-corrected chi connectivity index (χ1v) is 6.20. The molecule has 102 valence electrons. The summed E-state index contributed by atoms with van der Waals surface area (Å²) in [5.41, 5.74) is -0.0872. The number of halogens is 2. The largest absolute Gasteiger partial charge is 0.468 e. The van der Waals surface area contributed by atoms with Crippen LogP contribution in [-0.4, -0.2) is 19.5 Å². The molecule has 2 aromatic carbocycles. The van der Waals surface area contributed by atoms with Crippen molar-refractivity contribution in [1.82, 2.24) is 0 Å². The zero-order valence-electron chi connectivity index (χ0n) is 10.8. The van der Waals surface area contributed by atoms with Crippen LogP contribution in [0, 0.1) is 0 Å². The van der Waals surface area contributed by atoms with E-state index in [1.165, 1.54) is 0 Å². The highest BCUT2D eigenvalue weighted by Crippen LogP contribution is 2.52. The molecule has 1 aliphatic carbocycles. The summed E-state index contributed by atoms with van der Waals surface area (Å²) in [5, 5.41) is 0. The predicted molar refractivity (Wildman–Crippen MR) is 70.7 cm³/mol. The van der Waals surface area contributed by atoms with E-state index in [9.17, 15) is 13.6 Å². The molecule has 1 aliphatic rings. The van der Waals surface area contributed by atoms with Crippen molar-refractivity contribution in [3.63, 3.8) is 0 Å². The minimum Gasteiger partial charge on any atom is -0.468 e. The van der Waals surface area contributed by atoms with Crippen LogP contribution < -0.4 is 0 Å². The lowest BCUT2D eigenvalue weighted by atomic mass is 9.78. The maximum absolute atomic E-state index is 13.9. The summed E-state index contributed by atoms with van der Waals surface area (Å²) in [6.45, 7) is 0. The third-order valence-electron chi connectivity index (χ3n) is 3.83. The van der Waals surface area contributed by atoms with Gasteiger partial charge in [-0.1, -0.05) is 48.5 Å². The second kappa shape index (κ2) is 4.40. The Morgan fingerprint density at radius 1 is 1.00 bits per heavy atom. The third kappa shape index (κ3) is 1.39. The van der Waals surface area contributed by atoms with Crippen molar-refractivity contribution in [2.45, 2.75) is 11.8 Å². The number of methoxy groups -OCH3 is 1. The molecule has 0 saturated carbocycles. The molecular formula is C16H12F2O2. The number of hydrogen-bond donors (Lipinski definition) is 0. The molecule has 0 aliphatic heterocycles. The van der Waals surface area contributed by atoms with Crippen LogP contribution in [0.15, 0.2) is 48.5 Å². The number of esters is 1. The first-order chi connectivity index (χ1) is 9.64. The lowest BCUT2D eigenvalue weighted by molar-refractivity contribution is -0.151. The molecule has 0 radical (unpaired) electrons. The number of hydrogen-bond acceptors (Lipinski definition) is 2.